The van der Waals surface area contributed by atoms with E-state index < -0.39 is 26.1 Å². The fourth-order valence-electron chi connectivity index (χ4n) is 1.35. The van der Waals surface area contributed by atoms with Gasteiger partial charge in [-0.25, -0.2) is 8.42 Å². The first-order valence-corrected chi connectivity index (χ1v) is 8.79. The standard InChI is InChI=1S/C12H19NO3S2/c1-9(2)10(3)18(15,16)13-11-6-5-7-12(8-11)17(4)14/h5-10,13H,1-4H3/t10-,17+/m0/s1. The third-order valence-corrected chi connectivity index (χ3v) is 5.82. The zero-order valence-electron chi connectivity index (χ0n) is 11.0. The van der Waals surface area contributed by atoms with Crippen LogP contribution in [0.25, 0.3) is 0 Å². The van der Waals surface area contributed by atoms with E-state index in [-0.39, 0.29) is 5.92 Å². The van der Waals surface area contributed by atoms with Crippen molar-refractivity contribution in [2.45, 2.75) is 30.9 Å². The molecule has 1 aromatic carbocycles. The molecule has 0 aliphatic carbocycles. The Kier molecular flexibility index (Phi) is 4.92. The SMILES string of the molecule is CC(C)[C@H](C)S(=O)(=O)Nc1cccc([S@@](C)=O)c1. The largest absolute Gasteiger partial charge is 0.283 e. The van der Waals surface area contributed by atoms with Crippen molar-refractivity contribution in [3.05, 3.63) is 24.3 Å². The summed E-state index contributed by atoms with van der Waals surface area (Å²) in [6.07, 6.45) is 1.56. The summed E-state index contributed by atoms with van der Waals surface area (Å²) in [4.78, 5) is 0.604. The van der Waals surface area contributed by atoms with E-state index in [9.17, 15) is 12.6 Å². The lowest BCUT2D eigenvalue weighted by Gasteiger charge is -2.17. The summed E-state index contributed by atoms with van der Waals surface area (Å²) in [6.45, 7) is 5.40. The molecule has 0 amide bonds. The van der Waals surface area contributed by atoms with E-state index in [4.69, 9.17) is 0 Å². The predicted molar refractivity (Wildman–Crippen MR) is 75.6 cm³/mol. The van der Waals surface area contributed by atoms with Gasteiger partial charge in [0.05, 0.1) is 5.25 Å². The number of nitrogens with one attached hydrogen (secondary N) is 1. The van der Waals surface area contributed by atoms with Crippen LogP contribution in [-0.4, -0.2) is 24.1 Å². The molecule has 0 unspecified atom stereocenters. The van der Waals surface area contributed by atoms with Crippen molar-refractivity contribution in [3.8, 4) is 0 Å². The second-order valence-electron chi connectivity index (χ2n) is 4.58. The third kappa shape index (κ3) is 3.81. The van der Waals surface area contributed by atoms with Gasteiger partial charge in [-0.1, -0.05) is 19.9 Å². The molecule has 0 aliphatic heterocycles. The van der Waals surface area contributed by atoms with Gasteiger partial charge in [0, 0.05) is 27.6 Å². The fraction of sp³-hybridized carbons (Fsp3) is 0.500. The van der Waals surface area contributed by atoms with Crippen LogP contribution in [0, 0.1) is 5.92 Å². The number of hydrogen-bond donors (Lipinski definition) is 1. The minimum absolute atomic E-state index is 0.0333. The van der Waals surface area contributed by atoms with Gasteiger partial charge in [-0.2, -0.15) is 0 Å². The molecular weight excluding hydrogens is 270 g/mol. The zero-order chi connectivity index (χ0) is 13.9. The maximum atomic E-state index is 12.0. The minimum Gasteiger partial charge on any atom is -0.283 e. The van der Waals surface area contributed by atoms with Gasteiger partial charge in [0.1, 0.15) is 0 Å². The van der Waals surface area contributed by atoms with Crippen LogP contribution in [0.4, 0.5) is 5.69 Å². The molecule has 1 N–H and O–H groups in total. The van der Waals surface area contributed by atoms with Crippen LogP contribution in [0.15, 0.2) is 29.2 Å². The van der Waals surface area contributed by atoms with E-state index in [1.54, 1.807) is 37.4 Å². The molecule has 0 fully saturated rings. The van der Waals surface area contributed by atoms with Crippen LogP contribution < -0.4 is 4.72 Å². The average molecular weight is 289 g/mol. The topological polar surface area (TPSA) is 63.2 Å². The minimum atomic E-state index is -3.40. The molecule has 0 bridgehead atoms. The van der Waals surface area contributed by atoms with Crippen LogP contribution >= 0.6 is 0 Å². The number of anilines is 1. The van der Waals surface area contributed by atoms with Gasteiger partial charge < -0.3 is 0 Å². The summed E-state index contributed by atoms with van der Waals surface area (Å²) in [5, 5.41) is -0.478. The maximum Gasteiger partial charge on any atom is 0.235 e. The number of rotatable bonds is 5. The first-order valence-electron chi connectivity index (χ1n) is 5.69. The van der Waals surface area contributed by atoms with Gasteiger partial charge in [0.15, 0.2) is 0 Å². The molecule has 0 radical (unpaired) electrons. The van der Waals surface area contributed by atoms with Gasteiger partial charge in [0.25, 0.3) is 0 Å². The lowest BCUT2D eigenvalue weighted by Crippen LogP contribution is -2.29. The molecule has 0 spiro atoms. The highest BCUT2D eigenvalue weighted by molar-refractivity contribution is 7.93. The number of benzene rings is 1. The van der Waals surface area contributed by atoms with Crippen LogP contribution in [0.3, 0.4) is 0 Å². The Balaban J connectivity index is 2.98. The van der Waals surface area contributed by atoms with E-state index in [0.29, 0.717) is 10.6 Å². The van der Waals surface area contributed by atoms with Crippen molar-refractivity contribution in [3.63, 3.8) is 0 Å². The summed E-state index contributed by atoms with van der Waals surface area (Å²) in [5.74, 6) is 0.0333. The Morgan fingerprint density at radius 3 is 2.33 bits per heavy atom. The van der Waals surface area contributed by atoms with Crippen molar-refractivity contribution in [1.82, 2.24) is 0 Å². The number of sulfonamides is 1. The molecular formula is C12H19NO3S2. The van der Waals surface area contributed by atoms with E-state index in [2.05, 4.69) is 4.72 Å². The summed E-state index contributed by atoms with van der Waals surface area (Å²) in [7, 11) is -4.53. The second-order valence-corrected chi connectivity index (χ2v) is 8.00. The Morgan fingerprint density at radius 2 is 1.83 bits per heavy atom. The van der Waals surface area contributed by atoms with Crippen molar-refractivity contribution >= 4 is 26.5 Å². The van der Waals surface area contributed by atoms with Crippen molar-refractivity contribution in [2.75, 3.05) is 11.0 Å². The molecule has 2 atom stereocenters. The molecule has 6 heteroatoms. The van der Waals surface area contributed by atoms with Crippen molar-refractivity contribution in [2.24, 2.45) is 5.92 Å². The van der Waals surface area contributed by atoms with Gasteiger partial charge in [-0.05, 0) is 31.0 Å². The molecule has 1 rings (SSSR count). The Hall–Kier alpha value is -0.880. The zero-order valence-corrected chi connectivity index (χ0v) is 12.6. The normalized spacial score (nSPS) is 15.4. The maximum absolute atomic E-state index is 12.0. The lowest BCUT2D eigenvalue weighted by atomic mass is 10.2. The van der Waals surface area contributed by atoms with Crippen molar-refractivity contribution < 1.29 is 12.6 Å². The first kappa shape index (κ1) is 15.2. The van der Waals surface area contributed by atoms with Gasteiger partial charge in [-0.15, -0.1) is 0 Å². The van der Waals surface area contributed by atoms with Gasteiger partial charge in [-0.3, -0.25) is 8.93 Å². The van der Waals surface area contributed by atoms with Crippen molar-refractivity contribution in [1.29, 1.82) is 0 Å². The third-order valence-electron chi connectivity index (χ3n) is 2.85. The second kappa shape index (κ2) is 5.84. The molecule has 102 valence electrons. The lowest BCUT2D eigenvalue weighted by molar-refractivity contribution is 0.550. The first-order chi connectivity index (χ1) is 8.24. The number of hydrogen-bond acceptors (Lipinski definition) is 3. The van der Waals surface area contributed by atoms with Gasteiger partial charge in [0.2, 0.25) is 10.0 Å². The smallest absolute Gasteiger partial charge is 0.235 e. The molecule has 0 aromatic heterocycles. The highest BCUT2D eigenvalue weighted by atomic mass is 32.2. The fourth-order valence-corrected chi connectivity index (χ4v) is 3.28. The Bertz CT molecular complexity index is 538. The van der Waals surface area contributed by atoms with E-state index in [1.165, 1.54) is 0 Å². The summed E-state index contributed by atoms with van der Waals surface area (Å²) in [5.41, 5.74) is 0.454. The monoisotopic (exact) mass is 289 g/mol. The quantitative estimate of drug-likeness (QED) is 0.904. The summed E-state index contributed by atoms with van der Waals surface area (Å²) >= 11 is 0. The van der Waals surface area contributed by atoms with Crippen LogP contribution in [0.2, 0.25) is 0 Å². The van der Waals surface area contributed by atoms with E-state index in [0.717, 1.165) is 0 Å². The molecule has 0 saturated carbocycles. The summed E-state index contributed by atoms with van der Waals surface area (Å²) < 4.78 is 37.9. The van der Waals surface area contributed by atoms with Crippen LogP contribution in [0.5, 0.6) is 0 Å². The predicted octanol–water partition coefficient (Wildman–Crippen LogP) is 2.21. The van der Waals surface area contributed by atoms with E-state index >= 15 is 0 Å². The van der Waals surface area contributed by atoms with E-state index in [1.807, 2.05) is 13.8 Å². The van der Waals surface area contributed by atoms with Crippen LogP contribution in [-0.2, 0) is 20.8 Å². The average Bonchev–Trinajstić information content (AvgIpc) is 2.27. The highest BCUT2D eigenvalue weighted by Gasteiger charge is 2.23. The Morgan fingerprint density at radius 1 is 1.22 bits per heavy atom. The molecule has 18 heavy (non-hydrogen) atoms. The highest BCUT2D eigenvalue weighted by Crippen LogP contribution is 2.18. The molecule has 0 heterocycles. The van der Waals surface area contributed by atoms with Crippen LogP contribution in [0.1, 0.15) is 20.8 Å². The molecule has 4 nitrogen and oxygen atoms in total. The van der Waals surface area contributed by atoms with Gasteiger partial charge >= 0.3 is 0 Å². The molecule has 0 saturated heterocycles. The Labute approximate surface area is 111 Å². The molecule has 0 aliphatic rings. The summed E-state index contributed by atoms with van der Waals surface area (Å²) in [6, 6.07) is 6.65. The molecule has 1 aromatic rings.